The second-order valence-corrected chi connectivity index (χ2v) is 6.57. The molecule has 0 bridgehead atoms. The van der Waals surface area contributed by atoms with E-state index in [1.165, 1.54) is 12.1 Å². The van der Waals surface area contributed by atoms with Crippen molar-refractivity contribution in [1.82, 2.24) is 10.2 Å². The maximum Gasteiger partial charge on any atom is 0.237 e. The van der Waals surface area contributed by atoms with E-state index in [0.717, 1.165) is 24.4 Å². The minimum Gasteiger partial charge on any atom is -0.325 e. The first-order chi connectivity index (χ1) is 9.58. The standard InChI is InChI=1S/C15H21FN2OS/c1-11(2)9-17-10-14(19)18-7-8-20-15(18)12-3-5-13(16)6-4-12/h3-6,11,15,17H,7-10H2,1-2H3. The first-order valence-corrected chi connectivity index (χ1v) is 8.00. The summed E-state index contributed by atoms with van der Waals surface area (Å²) >= 11 is 1.73. The van der Waals surface area contributed by atoms with Crippen LogP contribution in [0.4, 0.5) is 4.39 Å². The normalized spacial score (nSPS) is 18.8. The maximum absolute atomic E-state index is 13.0. The Labute approximate surface area is 123 Å². The smallest absolute Gasteiger partial charge is 0.237 e. The number of nitrogens with zero attached hydrogens (tertiary/aromatic N) is 1. The van der Waals surface area contributed by atoms with Crippen LogP contribution in [0.2, 0.25) is 0 Å². The predicted octanol–water partition coefficient (Wildman–Crippen LogP) is 2.65. The summed E-state index contributed by atoms with van der Waals surface area (Å²) in [5.74, 6) is 1.33. The number of halogens is 1. The van der Waals surface area contributed by atoms with E-state index in [-0.39, 0.29) is 17.1 Å². The van der Waals surface area contributed by atoms with E-state index >= 15 is 0 Å². The topological polar surface area (TPSA) is 32.3 Å². The second kappa shape index (κ2) is 7.09. The van der Waals surface area contributed by atoms with Gasteiger partial charge >= 0.3 is 0 Å². The highest BCUT2D eigenvalue weighted by Gasteiger charge is 2.30. The van der Waals surface area contributed by atoms with Crippen LogP contribution in [0.15, 0.2) is 24.3 Å². The average Bonchev–Trinajstić information content (AvgIpc) is 2.88. The molecule has 1 aliphatic heterocycles. The Morgan fingerprint density at radius 3 is 2.80 bits per heavy atom. The third-order valence-electron chi connectivity index (χ3n) is 3.20. The van der Waals surface area contributed by atoms with Crippen molar-refractivity contribution in [2.75, 3.05) is 25.4 Å². The lowest BCUT2D eigenvalue weighted by atomic mass is 10.2. The highest BCUT2D eigenvalue weighted by molar-refractivity contribution is 7.99. The van der Waals surface area contributed by atoms with E-state index in [4.69, 9.17) is 0 Å². The Hall–Kier alpha value is -1.07. The van der Waals surface area contributed by atoms with Crippen molar-refractivity contribution in [3.8, 4) is 0 Å². The van der Waals surface area contributed by atoms with Gasteiger partial charge in [0.05, 0.1) is 6.54 Å². The molecule has 1 fully saturated rings. The molecule has 1 amide bonds. The molecule has 1 aliphatic rings. The van der Waals surface area contributed by atoms with Gasteiger partial charge in [-0.1, -0.05) is 26.0 Å². The summed E-state index contributed by atoms with van der Waals surface area (Å²) in [6, 6.07) is 6.43. The SMILES string of the molecule is CC(C)CNCC(=O)N1CCSC1c1ccc(F)cc1. The number of benzene rings is 1. The van der Waals surface area contributed by atoms with Crippen molar-refractivity contribution >= 4 is 17.7 Å². The number of nitrogens with one attached hydrogen (secondary N) is 1. The molecule has 0 aromatic heterocycles. The molecule has 0 radical (unpaired) electrons. The number of hydrogen-bond acceptors (Lipinski definition) is 3. The number of carbonyl (C=O) groups excluding carboxylic acids is 1. The van der Waals surface area contributed by atoms with Crippen LogP contribution >= 0.6 is 11.8 Å². The van der Waals surface area contributed by atoms with Gasteiger partial charge in [0, 0.05) is 12.3 Å². The van der Waals surface area contributed by atoms with Gasteiger partial charge in [0.15, 0.2) is 0 Å². The minimum atomic E-state index is -0.242. The maximum atomic E-state index is 13.0. The predicted molar refractivity (Wildman–Crippen MR) is 81.0 cm³/mol. The molecule has 0 spiro atoms. The third kappa shape index (κ3) is 3.96. The van der Waals surface area contributed by atoms with Crippen LogP contribution < -0.4 is 5.32 Å². The van der Waals surface area contributed by atoms with E-state index < -0.39 is 0 Å². The lowest BCUT2D eigenvalue weighted by Crippen LogP contribution is -2.38. The van der Waals surface area contributed by atoms with E-state index in [1.807, 2.05) is 4.90 Å². The van der Waals surface area contributed by atoms with Crippen molar-refractivity contribution in [3.05, 3.63) is 35.6 Å². The van der Waals surface area contributed by atoms with Crippen molar-refractivity contribution in [1.29, 1.82) is 0 Å². The number of carbonyl (C=O) groups is 1. The van der Waals surface area contributed by atoms with Gasteiger partial charge in [-0.3, -0.25) is 4.79 Å². The first-order valence-electron chi connectivity index (χ1n) is 6.95. The fourth-order valence-corrected chi connectivity index (χ4v) is 3.48. The van der Waals surface area contributed by atoms with Gasteiger partial charge in [0.2, 0.25) is 5.91 Å². The average molecular weight is 296 g/mol. The van der Waals surface area contributed by atoms with E-state index in [0.29, 0.717) is 12.5 Å². The Balaban J connectivity index is 1.96. The molecule has 20 heavy (non-hydrogen) atoms. The summed E-state index contributed by atoms with van der Waals surface area (Å²) < 4.78 is 13.0. The molecule has 1 heterocycles. The zero-order chi connectivity index (χ0) is 14.5. The first kappa shape index (κ1) is 15.3. The van der Waals surface area contributed by atoms with Crippen molar-refractivity contribution in [2.45, 2.75) is 19.2 Å². The quantitative estimate of drug-likeness (QED) is 0.906. The molecule has 3 nitrogen and oxygen atoms in total. The molecule has 1 N–H and O–H groups in total. The molecule has 5 heteroatoms. The van der Waals surface area contributed by atoms with Gasteiger partial charge in [-0.2, -0.15) is 0 Å². The zero-order valence-corrected chi connectivity index (χ0v) is 12.8. The highest BCUT2D eigenvalue weighted by atomic mass is 32.2. The highest BCUT2D eigenvalue weighted by Crippen LogP contribution is 2.37. The largest absolute Gasteiger partial charge is 0.325 e. The molecule has 0 aliphatic carbocycles. The number of amides is 1. The number of rotatable bonds is 5. The van der Waals surface area contributed by atoms with Gasteiger partial charge in [0.25, 0.3) is 0 Å². The van der Waals surface area contributed by atoms with Gasteiger partial charge in [-0.15, -0.1) is 11.8 Å². The third-order valence-corrected chi connectivity index (χ3v) is 4.46. The summed E-state index contributed by atoms with van der Waals surface area (Å²) in [6.45, 7) is 6.20. The Bertz CT molecular complexity index is 450. The molecule has 110 valence electrons. The van der Waals surface area contributed by atoms with Crippen LogP contribution in [0.1, 0.15) is 24.8 Å². The second-order valence-electron chi connectivity index (χ2n) is 5.39. The molecule has 1 aromatic carbocycles. The Morgan fingerprint density at radius 2 is 2.15 bits per heavy atom. The fourth-order valence-electron chi connectivity index (χ4n) is 2.20. The van der Waals surface area contributed by atoms with Gasteiger partial charge in [-0.05, 0) is 30.2 Å². The molecule has 1 saturated heterocycles. The molecule has 0 saturated carbocycles. The fraction of sp³-hybridized carbons (Fsp3) is 0.533. The van der Waals surface area contributed by atoms with Crippen molar-refractivity contribution in [3.63, 3.8) is 0 Å². The number of hydrogen-bond donors (Lipinski definition) is 1. The van der Waals surface area contributed by atoms with Gasteiger partial charge < -0.3 is 10.2 Å². The summed E-state index contributed by atoms with van der Waals surface area (Å²) in [5, 5.41) is 3.20. The Morgan fingerprint density at radius 1 is 1.45 bits per heavy atom. The van der Waals surface area contributed by atoms with Crippen LogP contribution in [0.3, 0.4) is 0 Å². The summed E-state index contributed by atoms with van der Waals surface area (Å²) in [5.41, 5.74) is 0.992. The summed E-state index contributed by atoms with van der Waals surface area (Å²) in [6.07, 6.45) is 0. The van der Waals surface area contributed by atoms with Crippen LogP contribution in [-0.2, 0) is 4.79 Å². The van der Waals surface area contributed by atoms with E-state index in [2.05, 4.69) is 19.2 Å². The molecule has 1 atom stereocenters. The van der Waals surface area contributed by atoms with Crippen LogP contribution in [0, 0.1) is 11.7 Å². The summed E-state index contributed by atoms with van der Waals surface area (Å²) in [7, 11) is 0. The monoisotopic (exact) mass is 296 g/mol. The zero-order valence-electron chi connectivity index (χ0n) is 11.9. The van der Waals surface area contributed by atoms with Crippen LogP contribution in [0.25, 0.3) is 0 Å². The summed E-state index contributed by atoms with van der Waals surface area (Å²) in [4.78, 5) is 14.1. The number of thioether (sulfide) groups is 1. The molecular weight excluding hydrogens is 275 g/mol. The molecule has 1 unspecified atom stereocenters. The van der Waals surface area contributed by atoms with Gasteiger partial charge in [-0.25, -0.2) is 4.39 Å². The van der Waals surface area contributed by atoms with Crippen LogP contribution in [0.5, 0.6) is 0 Å². The van der Waals surface area contributed by atoms with Crippen LogP contribution in [-0.4, -0.2) is 36.2 Å². The molecular formula is C15H21FN2OS. The van der Waals surface area contributed by atoms with Crippen molar-refractivity contribution in [2.24, 2.45) is 5.92 Å². The molecule has 1 aromatic rings. The lowest BCUT2D eigenvalue weighted by molar-refractivity contribution is -0.130. The molecule has 2 rings (SSSR count). The van der Waals surface area contributed by atoms with Gasteiger partial charge in [0.1, 0.15) is 11.2 Å². The van der Waals surface area contributed by atoms with Crippen molar-refractivity contribution < 1.29 is 9.18 Å². The Kier molecular flexibility index (Phi) is 5.43. The minimum absolute atomic E-state index is 0.0175. The van der Waals surface area contributed by atoms with E-state index in [1.54, 1.807) is 23.9 Å². The van der Waals surface area contributed by atoms with E-state index in [9.17, 15) is 9.18 Å². The lowest BCUT2D eigenvalue weighted by Gasteiger charge is -2.24.